The average molecular weight is 463 g/mol. The number of hydrogen-bond donors (Lipinski definition) is 3. The molecule has 0 spiro atoms. The minimum absolute atomic E-state index is 0.0476. The Hall–Kier alpha value is -4.25. The lowest BCUT2D eigenvalue weighted by atomic mass is 10.2. The summed E-state index contributed by atoms with van der Waals surface area (Å²) in [7, 11) is 0. The molecular formula is C22H18FN7O2S. The van der Waals surface area contributed by atoms with E-state index in [4.69, 9.17) is 5.84 Å². The van der Waals surface area contributed by atoms with Crippen molar-refractivity contribution in [2.75, 3.05) is 22.2 Å². The van der Waals surface area contributed by atoms with Gasteiger partial charge in [0.05, 0.1) is 11.3 Å². The number of nitrogens with two attached hydrogens (primary N) is 1. The zero-order valence-electron chi connectivity index (χ0n) is 17.1. The minimum atomic E-state index is -0.380. The molecule has 2 amide bonds. The van der Waals surface area contributed by atoms with Crippen LogP contribution in [0.1, 0.15) is 10.4 Å². The maximum atomic E-state index is 13.0. The molecule has 0 radical (unpaired) electrons. The summed E-state index contributed by atoms with van der Waals surface area (Å²) in [5.74, 6) is 5.62. The van der Waals surface area contributed by atoms with Crippen LogP contribution in [-0.2, 0) is 4.79 Å². The second-order valence-corrected chi connectivity index (χ2v) is 7.74. The third-order valence-electron chi connectivity index (χ3n) is 4.45. The normalized spacial score (nSPS) is 10.6. The van der Waals surface area contributed by atoms with Gasteiger partial charge in [-0.25, -0.2) is 9.07 Å². The van der Waals surface area contributed by atoms with Crippen LogP contribution in [0.2, 0.25) is 0 Å². The topological polar surface area (TPSA) is 128 Å². The van der Waals surface area contributed by atoms with E-state index in [0.29, 0.717) is 33.5 Å². The van der Waals surface area contributed by atoms with Crippen molar-refractivity contribution in [3.63, 3.8) is 0 Å². The number of nitrogens with one attached hydrogen (secondary N) is 2. The summed E-state index contributed by atoms with van der Waals surface area (Å²) >= 11 is 1.12. The van der Waals surface area contributed by atoms with E-state index in [-0.39, 0.29) is 23.4 Å². The van der Waals surface area contributed by atoms with E-state index in [1.807, 2.05) is 0 Å². The Bertz CT molecular complexity index is 1260. The monoisotopic (exact) mass is 463 g/mol. The first-order valence-electron chi connectivity index (χ1n) is 9.70. The van der Waals surface area contributed by atoms with Crippen LogP contribution in [-0.4, -0.2) is 37.4 Å². The van der Waals surface area contributed by atoms with Gasteiger partial charge in [0.2, 0.25) is 11.1 Å². The Labute approximate surface area is 192 Å². The molecule has 11 heteroatoms. The highest BCUT2D eigenvalue weighted by atomic mass is 32.2. The zero-order chi connectivity index (χ0) is 23.2. The van der Waals surface area contributed by atoms with Gasteiger partial charge in [0.1, 0.15) is 5.82 Å². The molecule has 4 N–H and O–H groups in total. The standard InChI is InChI=1S/C22H18FN7O2S/c23-16-5-9-17(10-6-16)26-19(31)13-33-22-29-28-20(30(22)24)14-3-7-18(8-4-14)27-21(32)15-2-1-11-25-12-15/h1-12H,13,24H2,(H,26,31)(H,27,32). The third kappa shape index (κ3) is 5.52. The minimum Gasteiger partial charge on any atom is -0.335 e. The fraction of sp³-hybridized carbons (Fsp3) is 0.0455. The smallest absolute Gasteiger partial charge is 0.257 e. The summed E-state index contributed by atoms with van der Waals surface area (Å²) in [4.78, 5) is 28.3. The molecule has 0 aliphatic heterocycles. The molecule has 4 rings (SSSR count). The first-order chi connectivity index (χ1) is 16.0. The van der Waals surface area contributed by atoms with Gasteiger partial charge in [-0.3, -0.25) is 14.6 Å². The van der Waals surface area contributed by atoms with Crippen molar-refractivity contribution in [3.05, 3.63) is 84.4 Å². The second kappa shape index (κ2) is 9.92. The number of aromatic nitrogens is 4. The molecule has 0 bridgehead atoms. The number of amides is 2. The first kappa shape index (κ1) is 22.0. The van der Waals surface area contributed by atoms with Crippen LogP contribution in [0.4, 0.5) is 15.8 Å². The second-order valence-electron chi connectivity index (χ2n) is 6.79. The van der Waals surface area contributed by atoms with Gasteiger partial charge in [-0.15, -0.1) is 10.2 Å². The first-order valence-corrected chi connectivity index (χ1v) is 10.7. The zero-order valence-corrected chi connectivity index (χ0v) is 17.9. The van der Waals surface area contributed by atoms with Gasteiger partial charge in [-0.1, -0.05) is 11.8 Å². The number of carbonyl (C=O) groups is 2. The van der Waals surface area contributed by atoms with E-state index in [0.717, 1.165) is 11.8 Å². The highest BCUT2D eigenvalue weighted by Crippen LogP contribution is 2.23. The molecule has 33 heavy (non-hydrogen) atoms. The van der Waals surface area contributed by atoms with Crippen LogP contribution in [0.15, 0.2) is 78.2 Å². The predicted molar refractivity (Wildman–Crippen MR) is 124 cm³/mol. The van der Waals surface area contributed by atoms with Gasteiger partial charge in [0.15, 0.2) is 5.82 Å². The number of rotatable bonds is 7. The van der Waals surface area contributed by atoms with Crippen LogP contribution >= 0.6 is 11.8 Å². The third-order valence-corrected chi connectivity index (χ3v) is 5.39. The van der Waals surface area contributed by atoms with Crippen molar-refractivity contribution in [1.82, 2.24) is 19.9 Å². The van der Waals surface area contributed by atoms with Crippen molar-refractivity contribution in [3.8, 4) is 11.4 Å². The summed E-state index contributed by atoms with van der Waals surface area (Å²) < 4.78 is 14.2. The van der Waals surface area contributed by atoms with Crippen LogP contribution in [0.3, 0.4) is 0 Å². The number of hydrogen-bond acceptors (Lipinski definition) is 7. The van der Waals surface area contributed by atoms with Crippen molar-refractivity contribution < 1.29 is 14.0 Å². The quantitative estimate of drug-likeness (QED) is 0.284. The van der Waals surface area contributed by atoms with E-state index in [1.165, 1.54) is 35.1 Å². The molecule has 0 saturated heterocycles. The molecule has 2 aromatic carbocycles. The summed E-state index contributed by atoms with van der Waals surface area (Å²) in [6.45, 7) is 0. The Morgan fingerprint density at radius 3 is 2.36 bits per heavy atom. The van der Waals surface area contributed by atoms with Crippen molar-refractivity contribution >= 4 is 35.0 Å². The van der Waals surface area contributed by atoms with Gasteiger partial charge in [-0.2, -0.15) is 0 Å². The summed E-state index contributed by atoms with van der Waals surface area (Å²) in [6, 6.07) is 15.8. The van der Waals surface area contributed by atoms with Crippen LogP contribution in [0, 0.1) is 5.82 Å². The molecule has 166 valence electrons. The number of thioether (sulfide) groups is 1. The molecule has 0 aliphatic rings. The highest BCUT2D eigenvalue weighted by Gasteiger charge is 2.14. The summed E-state index contributed by atoms with van der Waals surface area (Å²) in [5, 5.41) is 13.9. The number of halogens is 1. The van der Waals surface area contributed by atoms with E-state index in [1.54, 1.807) is 42.6 Å². The molecule has 0 saturated carbocycles. The predicted octanol–water partition coefficient (Wildman–Crippen LogP) is 3.18. The summed E-state index contributed by atoms with van der Waals surface area (Å²) in [6.07, 6.45) is 3.08. The molecule has 0 aliphatic carbocycles. The SMILES string of the molecule is Nn1c(SCC(=O)Nc2ccc(F)cc2)nnc1-c1ccc(NC(=O)c2cccnc2)cc1. The van der Waals surface area contributed by atoms with Gasteiger partial charge >= 0.3 is 0 Å². The number of pyridine rings is 1. The maximum Gasteiger partial charge on any atom is 0.257 e. The summed E-state index contributed by atoms with van der Waals surface area (Å²) in [5.41, 5.74) is 2.23. The van der Waals surface area contributed by atoms with Gasteiger partial charge in [0, 0.05) is 29.3 Å². The molecule has 2 heterocycles. The van der Waals surface area contributed by atoms with E-state index < -0.39 is 0 Å². The van der Waals surface area contributed by atoms with Gasteiger partial charge < -0.3 is 16.5 Å². The van der Waals surface area contributed by atoms with Gasteiger partial charge in [0.25, 0.3) is 5.91 Å². The fourth-order valence-electron chi connectivity index (χ4n) is 2.84. The number of nitrogens with zero attached hydrogens (tertiary/aromatic N) is 4. The largest absolute Gasteiger partial charge is 0.335 e. The van der Waals surface area contributed by atoms with E-state index in [9.17, 15) is 14.0 Å². The molecule has 0 unspecified atom stereocenters. The Morgan fingerprint density at radius 2 is 1.67 bits per heavy atom. The molecule has 9 nitrogen and oxygen atoms in total. The molecule has 4 aromatic rings. The Balaban J connectivity index is 1.36. The fourth-order valence-corrected chi connectivity index (χ4v) is 3.49. The lowest BCUT2D eigenvalue weighted by Gasteiger charge is -2.07. The number of benzene rings is 2. The van der Waals surface area contributed by atoms with Crippen molar-refractivity contribution in [2.24, 2.45) is 0 Å². The average Bonchev–Trinajstić information content (AvgIpc) is 3.20. The van der Waals surface area contributed by atoms with E-state index >= 15 is 0 Å². The number of anilines is 2. The van der Waals surface area contributed by atoms with Gasteiger partial charge in [-0.05, 0) is 60.7 Å². The number of carbonyl (C=O) groups excluding carboxylic acids is 2. The van der Waals surface area contributed by atoms with E-state index in [2.05, 4.69) is 25.8 Å². The molecular weight excluding hydrogens is 445 g/mol. The van der Waals surface area contributed by atoms with Crippen LogP contribution in [0.25, 0.3) is 11.4 Å². The lowest BCUT2D eigenvalue weighted by Crippen LogP contribution is -2.16. The molecule has 2 aromatic heterocycles. The highest BCUT2D eigenvalue weighted by molar-refractivity contribution is 7.99. The molecule has 0 fully saturated rings. The van der Waals surface area contributed by atoms with Crippen molar-refractivity contribution in [2.45, 2.75) is 5.16 Å². The van der Waals surface area contributed by atoms with Crippen LogP contribution in [0.5, 0.6) is 0 Å². The molecule has 0 atom stereocenters. The van der Waals surface area contributed by atoms with Crippen LogP contribution < -0.4 is 16.5 Å². The van der Waals surface area contributed by atoms with Crippen molar-refractivity contribution in [1.29, 1.82) is 0 Å². The lowest BCUT2D eigenvalue weighted by molar-refractivity contribution is -0.113. The Morgan fingerprint density at radius 1 is 0.970 bits per heavy atom. The number of nitrogen functional groups attached to an aromatic ring is 1. The maximum absolute atomic E-state index is 13.0. The Kier molecular flexibility index (Phi) is 6.60.